The minimum atomic E-state index is -0.153. The highest BCUT2D eigenvalue weighted by molar-refractivity contribution is 6.33. The van der Waals surface area contributed by atoms with Gasteiger partial charge in [0.2, 0.25) is 5.91 Å². The molecule has 20 heavy (non-hydrogen) atoms. The number of nitrogens with zero attached hydrogens (tertiary/aromatic N) is 3. The Morgan fingerprint density at radius 3 is 3.00 bits per heavy atom. The quantitative estimate of drug-likeness (QED) is 0.925. The molecule has 1 amide bonds. The second-order valence-corrected chi connectivity index (χ2v) is 5.63. The highest BCUT2D eigenvalue weighted by atomic mass is 35.5. The lowest BCUT2D eigenvalue weighted by molar-refractivity contribution is -0.114. The number of pyridine rings is 1. The third-order valence-corrected chi connectivity index (χ3v) is 3.73. The molecule has 1 aliphatic heterocycles. The van der Waals surface area contributed by atoms with Crippen LogP contribution in [0.15, 0.2) is 18.5 Å². The Balaban J connectivity index is 2.04. The number of carbonyl (C=O) groups is 1. The third kappa shape index (κ3) is 2.29. The van der Waals surface area contributed by atoms with Crippen LogP contribution in [0.4, 0.5) is 5.82 Å². The summed E-state index contributed by atoms with van der Waals surface area (Å²) in [7, 11) is 0. The van der Waals surface area contributed by atoms with Crippen LogP contribution in [0.1, 0.15) is 19.5 Å². The van der Waals surface area contributed by atoms with Crippen LogP contribution in [0.25, 0.3) is 11.1 Å². The summed E-state index contributed by atoms with van der Waals surface area (Å²) in [4.78, 5) is 15.2. The molecule has 3 heterocycles. The molecule has 1 aliphatic rings. The normalized spacial score (nSPS) is 17.1. The predicted octanol–water partition coefficient (Wildman–Crippen LogP) is 2.75. The molecule has 1 N–H and O–H groups in total. The monoisotopic (exact) mass is 290 g/mol. The molecule has 2 aromatic heterocycles. The van der Waals surface area contributed by atoms with E-state index in [-0.39, 0.29) is 5.91 Å². The van der Waals surface area contributed by atoms with Crippen LogP contribution in [0.5, 0.6) is 0 Å². The lowest BCUT2D eigenvalue weighted by Crippen LogP contribution is -2.07. The number of hydrogen-bond acceptors (Lipinski definition) is 3. The molecular formula is C14H15ClN4O. The molecule has 0 fully saturated rings. The van der Waals surface area contributed by atoms with Crippen molar-refractivity contribution in [3.05, 3.63) is 29.2 Å². The van der Waals surface area contributed by atoms with Gasteiger partial charge in [-0.2, -0.15) is 5.10 Å². The van der Waals surface area contributed by atoms with Crippen molar-refractivity contribution in [2.24, 2.45) is 5.92 Å². The largest absolute Gasteiger partial charge is 0.311 e. The standard InChI is InChI=1S/C14H15ClN4O/c1-8-3-13-11(5-17-19(13)7-8)10-4-14(18-9(2)20)16-6-12(10)15/h4-6,8H,3,7H2,1-2H3,(H,16,18,20). The first-order chi connectivity index (χ1) is 9.54. The van der Waals surface area contributed by atoms with Gasteiger partial charge >= 0.3 is 0 Å². The maximum Gasteiger partial charge on any atom is 0.222 e. The fourth-order valence-electron chi connectivity index (χ4n) is 2.59. The van der Waals surface area contributed by atoms with Crippen molar-refractivity contribution in [2.75, 3.05) is 5.32 Å². The van der Waals surface area contributed by atoms with Gasteiger partial charge < -0.3 is 5.32 Å². The summed E-state index contributed by atoms with van der Waals surface area (Å²) in [5, 5.41) is 7.64. The molecule has 0 saturated carbocycles. The molecule has 0 aliphatic carbocycles. The van der Waals surface area contributed by atoms with E-state index in [0.717, 1.165) is 24.1 Å². The molecule has 0 bridgehead atoms. The van der Waals surface area contributed by atoms with Crippen molar-refractivity contribution in [3.63, 3.8) is 0 Å². The molecule has 6 heteroatoms. The van der Waals surface area contributed by atoms with Crippen LogP contribution in [0, 0.1) is 5.92 Å². The molecular weight excluding hydrogens is 276 g/mol. The van der Waals surface area contributed by atoms with E-state index < -0.39 is 0 Å². The number of amides is 1. The summed E-state index contributed by atoms with van der Waals surface area (Å²) in [6.07, 6.45) is 4.38. The first-order valence-corrected chi connectivity index (χ1v) is 6.90. The number of aromatic nitrogens is 3. The van der Waals surface area contributed by atoms with E-state index in [1.807, 2.05) is 10.9 Å². The second-order valence-electron chi connectivity index (χ2n) is 5.23. The fraction of sp³-hybridized carbons (Fsp3) is 0.357. The van der Waals surface area contributed by atoms with E-state index in [1.54, 1.807) is 12.3 Å². The number of fused-ring (bicyclic) bond motifs is 1. The van der Waals surface area contributed by atoms with E-state index >= 15 is 0 Å². The van der Waals surface area contributed by atoms with E-state index in [4.69, 9.17) is 11.6 Å². The van der Waals surface area contributed by atoms with E-state index in [0.29, 0.717) is 16.8 Å². The van der Waals surface area contributed by atoms with Crippen LogP contribution in [-0.2, 0) is 17.8 Å². The molecule has 1 atom stereocenters. The van der Waals surface area contributed by atoms with Gasteiger partial charge in [0, 0.05) is 36.5 Å². The number of halogens is 1. The Labute approximate surface area is 122 Å². The van der Waals surface area contributed by atoms with Gasteiger partial charge in [-0.15, -0.1) is 0 Å². The average Bonchev–Trinajstić information content (AvgIpc) is 2.90. The molecule has 3 rings (SSSR count). The van der Waals surface area contributed by atoms with Crippen molar-refractivity contribution in [1.82, 2.24) is 14.8 Å². The zero-order valence-electron chi connectivity index (χ0n) is 11.4. The molecule has 0 saturated heterocycles. The Kier molecular flexibility index (Phi) is 3.22. The van der Waals surface area contributed by atoms with Gasteiger partial charge in [-0.25, -0.2) is 4.98 Å². The van der Waals surface area contributed by atoms with E-state index in [1.165, 1.54) is 12.6 Å². The van der Waals surface area contributed by atoms with Gasteiger partial charge in [0.25, 0.3) is 0 Å². The maximum atomic E-state index is 11.1. The molecule has 0 spiro atoms. The Bertz CT molecular complexity index is 680. The molecule has 0 radical (unpaired) electrons. The topological polar surface area (TPSA) is 59.8 Å². The Morgan fingerprint density at radius 1 is 1.45 bits per heavy atom. The van der Waals surface area contributed by atoms with Crippen molar-refractivity contribution in [2.45, 2.75) is 26.8 Å². The third-order valence-electron chi connectivity index (χ3n) is 3.42. The fourth-order valence-corrected chi connectivity index (χ4v) is 2.80. The Morgan fingerprint density at radius 2 is 2.25 bits per heavy atom. The van der Waals surface area contributed by atoms with Gasteiger partial charge in [0.05, 0.1) is 11.2 Å². The lowest BCUT2D eigenvalue weighted by atomic mass is 10.0. The van der Waals surface area contributed by atoms with Crippen molar-refractivity contribution < 1.29 is 4.79 Å². The minimum Gasteiger partial charge on any atom is -0.311 e. The molecule has 2 aromatic rings. The van der Waals surface area contributed by atoms with E-state index in [2.05, 4.69) is 22.3 Å². The number of anilines is 1. The van der Waals surface area contributed by atoms with Gasteiger partial charge in [-0.05, 0) is 18.4 Å². The number of rotatable bonds is 2. The Hall–Kier alpha value is -1.88. The highest BCUT2D eigenvalue weighted by Crippen LogP contribution is 2.35. The lowest BCUT2D eigenvalue weighted by Gasteiger charge is -2.07. The first-order valence-electron chi connectivity index (χ1n) is 6.53. The summed E-state index contributed by atoms with van der Waals surface area (Å²) in [6, 6.07) is 1.80. The van der Waals surface area contributed by atoms with Crippen molar-refractivity contribution >= 4 is 23.3 Å². The van der Waals surface area contributed by atoms with Crippen LogP contribution in [0.3, 0.4) is 0 Å². The van der Waals surface area contributed by atoms with Crippen LogP contribution < -0.4 is 5.32 Å². The maximum absolute atomic E-state index is 11.1. The summed E-state index contributed by atoms with van der Waals surface area (Å²) in [5.41, 5.74) is 3.08. The zero-order valence-corrected chi connectivity index (χ0v) is 12.1. The van der Waals surface area contributed by atoms with Gasteiger partial charge in [0.1, 0.15) is 5.82 Å². The van der Waals surface area contributed by atoms with Gasteiger partial charge in [0.15, 0.2) is 0 Å². The number of hydrogen-bond donors (Lipinski definition) is 1. The predicted molar refractivity (Wildman–Crippen MR) is 77.6 cm³/mol. The highest BCUT2D eigenvalue weighted by Gasteiger charge is 2.23. The molecule has 5 nitrogen and oxygen atoms in total. The summed E-state index contributed by atoms with van der Waals surface area (Å²) in [5.74, 6) is 0.940. The SMILES string of the molecule is CC(=O)Nc1cc(-c2cnn3c2CC(C)C3)c(Cl)cn1. The summed E-state index contributed by atoms with van der Waals surface area (Å²) in [6.45, 7) is 4.60. The smallest absolute Gasteiger partial charge is 0.222 e. The van der Waals surface area contributed by atoms with E-state index in [9.17, 15) is 4.79 Å². The number of nitrogens with one attached hydrogen (secondary N) is 1. The molecule has 0 aromatic carbocycles. The van der Waals surface area contributed by atoms with Crippen LogP contribution in [0.2, 0.25) is 5.02 Å². The zero-order chi connectivity index (χ0) is 14.3. The molecule has 1 unspecified atom stereocenters. The van der Waals surface area contributed by atoms with Crippen molar-refractivity contribution in [3.8, 4) is 11.1 Å². The van der Waals surface area contributed by atoms with Gasteiger partial charge in [-0.3, -0.25) is 9.48 Å². The number of carbonyl (C=O) groups excluding carboxylic acids is 1. The average molecular weight is 291 g/mol. The summed E-state index contributed by atoms with van der Waals surface area (Å²) < 4.78 is 2.02. The van der Waals surface area contributed by atoms with Gasteiger partial charge in [-0.1, -0.05) is 18.5 Å². The summed E-state index contributed by atoms with van der Waals surface area (Å²) >= 11 is 6.25. The van der Waals surface area contributed by atoms with Crippen LogP contribution in [-0.4, -0.2) is 20.7 Å². The minimum absolute atomic E-state index is 0.153. The van der Waals surface area contributed by atoms with Crippen LogP contribution >= 0.6 is 11.6 Å². The molecule has 104 valence electrons. The second kappa shape index (κ2) is 4.90. The van der Waals surface area contributed by atoms with Crippen molar-refractivity contribution in [1.29, 1.82) is 0 Å². The first kappa shape index (κ1) is 13.1.